The van der Waals surface area contributed by atoms with Crippen LogP contribution in [-0.4, -0.2) is 52.6 Å². The summed E-state index contributed by atoms with van der Waals surface area (Å²) < 4.78 is 0. The summed E-state index contributed by atoms with van der Waals surface area (Å²) in [6.07, 6.45) is 6.67. The van der Waals surface area contributed by atoms with Crippen LogP contribution in [0.4, 0.5) is 0 Å². The van der Waals surface area contributed by atoms with Gasteiger partial charge in [0.1, 0.15) is 0 Å². The van der Waals surface area contributed by atoms with Gasteiger partial charge in [0.15, 0.2) is 0 Å². The minimum Gasteiger partial charge on any atom is -0.478 e. The Morgan fingerprint density at radius 3 is 2.54 bits per heavy atom. The molecule has 1 aromatic carbocycles. The Morgan fingerprint density at radius 2 is 1.88 bits per heavy atom. The molecule has 2 bridgehead atoms. The summed E-state index contributed by atoms with van der Waals surface area (Å²) in [6.45, 7) is 4.64. The molecular formula is C20H28N2O2. The Kier molecular flexibility index (Phi) is 3.92. The molecule has 1 aromatic rings. The monoisotopic (exact) mass is 328 g/mol. The van der Waals surface area contributed by atoms with Gasteiger partial charge in [-0.05, 0) is 44.0 Å². The van der Waals surface area contributed by atoms with Crippen LogP contribution in [0.1, 0.15) is 54.9 Å². The number of aromatic carboxylic acids is 1. The Bertz CT molecular complexity index is 629. The van der Waals surface area contributed by atoms with Crippen LogP contribution in [0.3, 0.4) is 0 Å². The first kappa shape index (κ1) is 16.1. The number of benzene rings is 1. The summed E-state index contributed by atoms with van der Waals surface area (Å²) >= 11 is 0. The third kappa shape index (κ3) is 2.47. The lowest BCUT2D eigenvalue weighted by Crippen LogP contribution is -2.51. The van der Waals surface area contributed by atoms with E-state index in [1.54, 1.807) is 12.1 Å². The van der Waals surface area contributed by atoms with Gasteiger partial charge in [0.25, 0.3) is 0 Å². The van der Waals surface area contributed by atoms with Gasteiger partial charge in [-0.15, -0.1) is 0 Å². The molecule has 2 saturated heterocycles. The van der Waals surface area contributed by atoms with E-state index in [0.29, 0.717) is 23.1 Å². The van der Waals surface area contributed by atoms with Gasteiger partial charge in [-0.2, -0.15) is 0 Å². The van der Waals surface area contributed by atoms with Crippen LogP contribution in [0.5, 0.6) is 0 Å². The Morgan fingerprint density at radius 1 is 1.21 bits per heavy atom. The van der Waals surface area contributed by atoms with Gasteiger partial charge in [0.2, 0.25) is 0 Å². The number of hydrogen-bond acceptors (Lipinski definition) is 3. The van der Waals surface area contributed by atoms with Gasteiger partial charge in [0, 0.05) is 36.6 Å². The van der Waals surface area contributed by atoms with Crippen molar-refractivity contribution in [1.29, 1.82) is 0 Å². The van der Waals surface area contributed by atoms with Crippen molar-refractivity contribution in [3.63, 3.8) is 0 Å². The minimum absolute atomic E-state index is 0.375. The molecule has 4 rings (SSSR count). The minimum atomic E-state index is -0.848. The molecule has 4 heteroatoms. The lowest BCUT2D eigenvalue weighted by Gasteiger charge is -2.45. The van der Waals surface area contributed by atoms with E-state index in [0.717, 1.165) is 12.6 Å². The highest BCUT2D eigenvalue weighted by Gasteiger charge is 2.57. The number of hydrogen-bond donors (Lipinski definition) is 1. The predicted molar refractivity (Wildman–Crippen MR) is 94.1 cm³/mol. The van der Waals surface area contributed by atoms with Crippen LogP contribution in [-0.2, 0) is 6.54 Å². The molecule has 4 atom stereocenters. The van der Waals surface area contributed by atoms with Crippen molar-refractivity contribution in [1.82, 2.24) is 9.80 Å². The average Bonchev–Trinajstić information content (AvgIpc) is 2.67. The molecule has 0 aromatic heterocycles. The van der Waals surface area contributed by atoms with Crippen LogP contribution >= 0.6 is 0 Å². The zero-order valence-corrected chi connectivity index (χ0v) is 14.7. The van der Waals surface area contributed by atoms with Crippen molar-refractivity contribution in [2.45, 2.75) is 63.7 Å². The molecule has 0 unspecified atom stereocenters. The number of nitrogens with zero attached hydrogens (tertiary/aromatic N) is 2. The number of carbonyl (C=O) groups is 1. The molecule has 1 saturated carbocycles. The second-order valence-electron chi connectivity index (χ2n) is 8.29. The Hall–Kier alpha value is -1.39. The van der Waals surface area contributed by atoms with E-state index in [4.69, 9.17) is 5.11 Å². The van der Waals surface area contributed by atoms with Crippen LogP contribution < -0.4 is 0 Å². The number of likely N-dealkylation sites (tertiary alicyclic amines) is 2. The molecule has 2 heterocycles. The van der Waals surface area contributed by atoms with Crippen molar-refractivity contribution < 1.29 is 9.90 Å². The number of carboxylic acid groups (broad SMARTS) is 1. The summed E-state index contributed by atoms with van der Waals surface area (Å²) in [4.78, 5) is 16.4. The fourth-order valence-corrected chi connectivity index (χ4v) is 5.81. The number of fused-ring (bicyclic) bond motifs is 1. The standard InChI is InChI=1S/C20H28N2O2/c1-20-11-16-13-21(2)17(20)5-3-4-6-18(20)22(16)12-14-7-9-15(10-8-14)19(23)24/h7-10,16-18H,3-6,11-13H2,1-2H3,(H,23,24)/t16-,17+,18-,20+/m0/s1. The third-order valence-electron chi connectivity index (χ3n) is 6.87. The smallest absolute Gasteiger partial charge is 0.335 e. The molecule has 130 valence electrons. The highest BCUT2D eigenvalue weighted by molar-refractivity contribution is 5.87. The molecule has 1 N–H and O–H groups in total. The predicted octanol–water partition coefficient (Wildman–Crippen LogP) is 3.22. The SMILES string of the molecule is CN1C[C@@H]2C[C@@]3(C)[C@H](CCCC[C@@H]13)N2Cc1ccc(C(=O)O)cc1. The highest BCUT2D eigenvalue weighted by atomic mass is 16.4. The Labute approximate surface area is 144 Å². The van der Waals surface area contributed by atoms with E-state index in [1.165, 1.54) is 44.2 Å². The normalized spacial score (nSPS) is 36.5. The summed E-state index contributed by atoms with van der Waals surface area (Å²) in [5, 5.41) is 9.08. The molecule has 0 radical (unpaired) electrons. The fourth-order valence-electron chi connectivity index (χ4n) is 5.81. The molecule has 4 nitrogen and oxygen atoms in total. The van der Waals surface area contributed by atoms with E-state index in [1.807, 2.05) is 12.1 Å². The zero-order chi connectivity index (χ0) is 16.9. The zero-order valence-electron chi connectivity index (χ0n) is 14.7. The number of rotatable bonds is 3. The Balaban J connectivity index is 1.60. The van der Waals surface area contributed by atoms with E-state index >= 15 is 0 Å². The molecule has 0 spiro atoms. The van der Waals surface area contributed by atoms with Gasteiger partial charge in [-0.25, -0.2) is 4.79 Å². The first-order valence-electron chi connectivity index (χ1n) is 9.27. The average molecular weight is 328 g/mol. The summed E-state index contributed by atoms with van der Waals surface area (Å²) in [6, 6.07) is 9.49. The molecule has 2 aliphatic heterocycles. The lowest BCUT2D eigenvalue weighted by atomic mass is 9.71. The van der Waals surface area contributed by atoms with E-state index in [9.17, 15) is 4.79 Å². The second kappa shape index (κ2) is 5.85. The molecule has 3 fully saturated rings. The number of carboxylic acids is 1. The van der Waals surface area contributed by atoms with E-state index in [-0.39, 0.29) is 0 Å². The topological polar surface area (TPSA) is 43.8 Å². The van der Waals surface area contributed by atoms with E-state index in [2.05, 4.69) is 23.8 Å². The third-order valence-corrected chi connectivity index (χ3v) is 6.87. The quantitative estimate of drug-likeness (QED) is 0.925. The van der Waals surface area contributed by atoms with Crippen molar-refractivity contribution >= 4 is 5.97 Å². The highest BCUT2D eigenvalue weighted by Crippen LogP contribution is 2.53. The van der Waals surface area contributed by atoms with Gasteiger partial charge >= 0.3 is 5.97 Å². The van der Waals surface area contributed by atoms with Crippen molar-refractivity contribution in [2.24, 2.45) is 5.41 Å². The van der Waals surface area contributed by atoms with Crippen molar-refractivity contribution in [3.8, 4) is 0 Å². The largest absolute Gasteiger partial charge is 0.478 e. The van der Waals surface area contributed by atoms with Crippen molar-refractivity contribution in [2.75, 3.05) is 13.6 Å². The number of piperidine rings is 1. The second-order valence-corrected chi connectivity index (χ2v) is 8.29. The molecule has 3 aliphatic rings. The van der Waals surface area contributed by atoms with Gasteiger partial charge in [-0.1, -0.05) is 31.9 Å². The van der Waals surface area contributed by atoms with Crippen LogP contribution in [0.15, 0.2) is 24.3 Å². The molecule has 1 aliphatic carbocycles. The summed E-state index contributed by atoms with van der Waals surface area (Å²) in [5.74, 6) is -0.848. The van der Waals surface area contributed by atoms with Crippen LogP contribution in [0, 0.1) is 5.41 Å². The summed E-state index contributed by atoms with van der Waals surface area (Å²) in [5.41, 5.74) is 2.02. The first-order valence-corrected chi connectivity index (χ1v) is 9.27. The lowest BCUT2D eigenvalue weighted by molar-refractivity contribution is 0.0586. The van der Waals surface area contributed by atoms with Crippen LogP contribution in [0.2, 0.25) is 0 Å². The summed E-state index contributed by atoms with van der Waals surface area (Å²) in [7, 11) is 2.31. The number of likely N-dealkylation sites (N-methyl/N-ethyl adjacent to an activating group) is 1. The van der Waals surface area contributed by atoms with Gasteiger partial charge < -0.3 is 10.0 Å². The maximum Gasteiger partial charge on any atom is 0.335 e. The molecule has 0 amide bonds. The fraction of sp³-hybridized carbons (Fsp3) is 0.650. The first-order chi connectivity index (χ1) is 11.5. The van der Waals surface area contributed by atoms with Gasteiger partial charge in [0.05, 0.1) is 5.56 Å². The van der Waals surface area contributed by atoms with Crippen molar-refractivity contribution in [3.05, 3.63) is 35.4 Å². The maximum absolute atomic E-state index is 11.0. The van der Waals surface area contributed by atoms with Gasteiger partial charge in [-0.3, -0.25) is 4.90 Å². The molecule has 24 heavy (non-hydrogen) atoms. The van der Waals surface area contributed by atoms with Crippen LogP contribution in [0.25, 0.3) is 0 Å². The maximum atomic E-state index is 11.0. The van der Waals surface area contributed by atoms with E-state index < -0.39 is 5.97 Å². The molecular weight excluding hydrogens is 300 g/mol.